The van der Waals surface area contributed by atoms with Crippen LogP contribution in [0.3, 0.4) is 0 Å². The maximum Gasteiger partial charge on any atom is 0.315 e. The number of carbonyl (C=O) groups is 1. The van der Waals surface area contributed by atoms with E-state index >= 15 is 0 Å². The predicted molar refractivity (Wildman–Crippen MR) is 89.6 cm³/mol. The maximum absolute atomic E-state index is 11.8. The normalized spacial score (nSPS) is 10.9. The zero-order chi connectivity index (χ0) is 16.2. The number of hydrogen-bond donors (Lipinski definition) is 2. The Hall–Kier alpha value is -2.47. The van der Waals surface area contributed by atoms with E-state index in [1.165, 1.54) is 0 Å². The van der Waals surface area contributed by atoms with E-state index in [9.17, 15) is 4.79 Å². The van der Waals surface area contributed by atoms with Crippen LogP contribution in [-0.2, 0) is 13.1 Å². The smallest absolute Gasteiger partial charge is 0.315 e. The third-order valence-corrected chi connectivity index (χ3v) is 3.78. The minimum Gasteiger partial charge on any atom is -0.336 e. The monoisotopic (exact) mass is 331 g/mol. The molecule has 0 atom stereocenters. The summed E-state index contributed by atoms with van der Waals surface area (Å²) < 4.78 is 3.88. The second-order valence-electron chi connectivity index (χ2n) is 5.32. The number of hydrogen-bond acceptors (Lipinski definition) is 2. The van der Waals surface area contributed by atoms with Gasteiger partial charge in [-0.2, -0.15) is 5.10 Å². The van der Waals surface area contributed by atoms with Crippen LogP contribution in [-0.4, -0.2) is 26.8 Å². The van der Waals surface area contributed by atoms with Gasteiger partial charge < -0.3 is 15.2 Å². The van der Waals surface area contributed by atoms with Gasteiger partial charge in [-0.25, -0.2) is 9.31 Å². The van der Waals surface area contributed by atoms with Crippen LogP contribution in [0, 0.1) is 6.92 Å². The first-order valence-electron chi connectivity index (χ1n) is 7.39. The highest BCUT2D eigenvalue weighted by Crippen LogP contribution is 2.09. The van der Waals surface area contributed by atoms with Crippen LogP contribution in [0.25, 0.3) is 5.65 Å². The lowest BCUT2D eigenvalue weighted by molar-refractivity contribution is 0.240. The molecule has 0 aliphatic carbocycles. The van der Waals surface area contributed by atoms with Crippen LogP contribution >= 0.6 is 11.6 Å². The minimum atomic E-state index is -0.187. The standard InChI is InChI=1S/C16H18ClN5O/c1-12-10-15-21(8-9-22(15)20-12)7-6-18-16(23)19-11-13-2-4-14(17)5-3-13/h2-5,8-10H,6-7,11H2,1H3,(H2,18,19,23). The highest BCUT2D eigenvalue weighted by molar-refractivity contribution is 6.30. The number of nitrogens with one attached hydrogen (secondary N) is 2. The summed E-state index contributed by atoms with van der Waals surface area (Å²) in [5.74, 6) is 0. The molecule has 0 fully saturated rings. The van der Waals surface area contributed by atoms with Gasteiger partial charge in [0, 0.05) is 43.1 Å². The molecule has 120 valence electrons. The second kappa shape index (κ2) is 6.75. The molecular formula is C16H18ClN5O. The van der Waals surface area contributed by atoms with E-state index < -0.39 is 0 Å². The fourth-order valence-electron chi connectivity index (χ4n) is 2.37. The number of aryl methyl sites for hydroxylation is 1. The van der Waals surface area contributed by atoms with Gasteiger partial charge in [0.1, 0.15) is 5.65 Å². The third-order valence-electron chi connectivity index (χ3n) is 3.52. The van der Waals surface area contributed by atoms with E-state index in [2.05, 4.69) is 20.3 Å². The van der Waals surface area contributed by atoms with Gasteiger partial charge in [-0.3, -0.25) is 0 Å². The van der Waals surface area contributed by atoms with Gasteiger partial charge in [0.05, 0.1) is 5.69 Å². The lowest BCUT2D eigenvalue weighted by atomic mass is 10.2. The summed E-state index contributed by atoms with van der Waals surface area (Å²) >= 11 is 5.83. The molecule has 2 N–H and O–H groups in total. The van der Waals surface area contributed by atoms with Crippen molar-refractivity contribution in [3.05, 3.63) is 59.0 Å². The molecule has 0 spiro atoms. The second-order valence-corrected chi connectivity index (χ2v) is 5.75. The van der Waals surface area contributed by atoms with Gasteiger partial charge in [-0.15, -0.1) is 0 Å². The van der Waals surface area contributed by atoms with Gasteiger partial charge in [0.15, 0.2) is 0 Å². The molecule has 2 heterocycles. The van der Waals surface area contributed by atoms with Gasteiger partial charge in [0.25, 0.3) is 0 Å². The Morgan fingerprint density at radius 1 is 1.22 bits per heavy atom. The molecule has 2 aromatic heterocycles. The average molecular weight is 332 g/mol. The molecule has 7 heteroatoms. The summed E-state index contributed by atoms with van der Waals surface area (Å²) in [5.41, 5.74) is 3.00. The number of rotatable bonds is 5. The number of benzene rings is 1. The van der Waals surface area contributed by atoms with Crippen LogP contribution in [0.2, 0.25) is 5.02 Å². The molecule has 0 bridgehead atoms. The van der Waals surface area contributed by atoms with Crippen LogP contribution in [0.4, 0.5) is 4.79 Å². The summed E-state index contributed by atoms with van der Waals surface area (Å²) in [5, 5.41) is 10.7. The Morgan fingerprint density at radius 2 is 2.00 bits per heavy atom. The van der Waals surface area contributed by atoms with Crippen molar-refractivity contribution in [1.29, 1.82) is 0 Å². The number of nitrogens with zero attached hydrogens (tertiary/aromatic N) is 3. The topological polar surface area (TPSA) is 63.4 Å². The van der Waals surface area contributed by atoms with Crippen LogP contribution in [0.5, 0.6) is 0 Å². The Kier molecular flexibility index (Phi) is 4.52. The summed E-state index contributed by atoms with van der Waals surface area (Å²) in [6, 6.07) is 9.22. The molecule has 6 nitrogen and oxygen atoms in total. The van der Waals surface area contributed by atoms with Crippen molar-refractivity contribution in [2.45, 2.75) is 20.0 Å². The van der Waals surface area contributed by atoms with Crippen molar-refractivity contribution in [2.75, 3.05) is 6.54 Å². The fourth-order valence-corrected chi connectivity index (χ4v) is 2.50. The third kappa shape index (κ3) is 3.84. The van der Waals surface area contributed by atoms with E-state index in [1.54, 1.807) is 12.1 Å². The van der Waals surface area contributed by atoms with Crippen molar-refractivity contribution in [1.82, 2.24) is 24.8 Å². The van der Waals surface area contributed by atoms with Crippen LogP contribution < -0.4 is 10.6 Å². The zero-order valence-corrected chi connectivity index (χ0v) is 13.5. The highest BCUT2D eigenvalue weighted by Gasteiger charge is 2.04. The number of halogens is 1. The number of amides is 2. The Bertz CT molecular complexity index is 806. The first kappa shape index (κ1) is 15.4. The van der Waals surface area contributed by atoms with Gasteiger partial charge in [0.2, 0.25) is 0 Å². The van der Waals surface area contributed by atoms with E-state index in [1.807, 2.05) is 42.0 Å². The molecule has 2 amide bonds. The first-order chi connectivity index (χ1) is 11.1. The highest BCUT2D eigenvalue weighted by atomic mass is 35.5. The van der Waals surface area contributed by atoms with E-state index in [0.29, 0.717) is 24.7 Å². The molecule has 0 radical (unpaired) electrons. The summed E-state index contributed by atoms with van der Waals surface area (Å²) in [6.07, 6.45) is 3.86. The minimum absolute atomic E-state index is 0.187. The van der Waals surface area contributed by atoms with E-state index in [4.69, 9.17) is 11.6 Å². The van der Waals surface area contributed by atoms with Crippen molar-refractivity contribution in [3.63, 3.8) is 0 Å². The molecule has 3 aromatic rings. The summed E-state index contributed by atoms with van der Waals surface area (Å²) in [6.45, 7) is 3.66. The predicted octanol–water partition coefficient (Wildman–Crippen LogP) is 2.60. The SMILES string of the molecule is Cc1cc2n(CCNC(=O)NCc3ccc(Cl)cc3)ccn2n1. The number of carbonyl (C=O) groups excluding carboxylic acids is 1. The number of fused-ring (bicyclic) bond motifs is 1. The molecule has 0 aliphatic heterocycles. The van der Waals surface area contributed by atoms with E-state index in [0.717, 1.165) is 16.9 Å². The molecular weight excluding hydrogens is 314 g/mol. The van der Waals surface area contributed by atoms with Gasteiger partial charge in [-0.1, -0.05) is 23.7 Å². The summed E-state index contributed by atoms with van der Waals surface area (Å²) in [4.78, 5) is 11.8. The average Bonchev–Trinajstić information content (AvgIpc) is 3.07. The number of imidazole rings is 1. The molecule has 0 unspecified atom stereocenters. The lowest BCUT2D eigenvalue weighted by Gasteiger charge is -2.08. The quantitative estimate of drug-likeness (QED) is 0.755. The van der Waals surface area contributed by atoms with Crippen LogP contribution in [0.1, 0.15) is 11.3 Å². The van der Waals surface area contributed by atoms with E-state index in [-0.39, 0.29) is 6.03 Å². The Morgan fingerprint density at radius 3 is 2.78 bits per heavy atom. The van der Waals surface area contributed by atoms with Crippen molar-refractivity contribution in [3.8, 4) is 0 Å². The largest absolute Gasteiger partial charge is 0.336 e. The lowest BCUT2D eigenvalue weighted by Crippen LogP contribution is -2.36. The Labute approximate surface area is 139 Å². The molecule has 1 aromatic carbocycles. The zero-order valence-electron chi connectivity index (χ0n) is 12.8. The number of aromatic nitrogens is 3. The van der Waals surface area contributed by atoms with Crippen LogP contribution in [0.15, 0.2) is 42.7 Å². The van der Waals surface area contributed by atoms with Gasteiger partial charge in [-0.05, 0) is 24.6 Å². The van der Waals surface area contributed by atoms with Crippen molar-refractivity contribution >= 4 is 23.3 Å². The fraction of sp³-hybridized carbons (Fsp3) is 0.250. The van der Waals surface area contributed by atoms with Gasteiger partial charge >= 0.3 is 6.03 Å². The molecule has 0 saturated carbocycles. The maximum atomic E-state index is 11.8. The van der Waals surface area contributed by atoms with Crippen molar-refractivity contribution < 1.29 is 4.79 Å². The van der Waals surface area contributed by atoms with Crippen molar-refractivity contribution in [2.24, 2.45) is 0 Å². The molecule has 23 heavy (non-hydrogen) atoms. The first-order valence-corrected chi connectivity index (χ1v) is 7.77. The molecule has 0 aliphatic rings. The Balaban J connectivity index is 1.44. The summed E-state index contributed by atoms with van der Waals surface area (Å²) in [7, 11) is 0. The molecule has 3 rings (SSSR count). The molecule has 0 saturated heterocycles. The number of urea groups is 1.